The second-order valence-electron chi connectivity index (χ2n) is 10.6. The molecule has 0 fully saturated rings. The van der Waals surface area contributed by atoms with Gasteiger partial charge in [-0.05, 0) is 56.6 Å². The lowest BCUT2D eigenvalue weighted by Gasteiger charge is -2.20. The van der Waals surface area contributed by atoms with Gasteiger partial charge in [0.1, 0.15) is 0 Å². The second kappa shape index (κ2) is 16.2. The van der Waals surface area contributed by atoms with E-state index in [0.717, 1.165) is 63.4 Å². The van der Waals surface area contributed by atoms with Crippen molar-refractivity contribution < 1.29 is 28.6 Å². The molecule has 0 unspecified atom stereocenters. The number of hydrogen-bond acceptors (Lipinski definition) is 6. The van der Waals surface area contributed by atoms with Gasteiger partial charge < -0.3 is 14.2 Å². The predicted molar refractivity (Wildman–Crippen MR) is 150 cm³/mol. The molecule has 0 saturated heterocycles. The quantitative estimate of drug-likeness (QED) is 0.123. The number of Topliss-reactive ketones (excluding diaryl/α,β-unsaturated/α-hetero) is 2. The molecule has 0 radical (unpaired) electrons. The van der Waals surface area contributed by atoms with E-state index in [2.05, 4.69) is 26.0 Å². The summed E-state index contributed by atoms with van der Waals surface area (Å²) < 4.78 is 15.7. The second-order valence-corrected chi connectivity index (χ2v) is 10.6. The summed E-state index contributed by atoms with van der Waals surface area (Å²) >= 11 is 0. The van der Waals surface area contributed by atoms with Crippen LogP contribution in [0.1, 0.15) is 103 Å². The molecule has 0 aliphatic heterocycles. The van der Waals surface area contributed by atoms with Gasteiger partial charge in [-0.25, -0.2) is 0 Å². The maximum absolute atomic E-state index is 12.7. The van der Waals surface area contributed by atoms with Crippen LogP contribution in [0, 0.1) is 5.92 Å². The fourth-order valence-corrected chi connectivity index (χ4v) is 4.80. The maximum Gasteiger partial charge on any atom is 0.313 e. The third-order valence-electron chi connectivity index (χ3n) is 7.14. The molecule has 0 spiro atoms. The van der Waals surface area contributed by atoms with E-state index in [1.54, 1.807) is 6.92 Å². The molecular formula is C32H46O6. The van der Waals surface area contributed by atoms with Crippen LogP contribution in [0.15, 0.2) is 46.9 Å². The number of allylic oxidation sites excluding steroid dienone is 2. The molecule has 0 N–H and O–H groups in total. The SMILES string of the molecule is COC1=C(OC)C(=O)C(CCCCCCCCCCOC(=O)[C@@H](C)c2ccc(CC(C)C)cc2)=C(C)C1=O. The minimum Gasteiger partial charge on any atom is -0.489 e. The minimum atomic E-state index is -0.269. The first-order valence-electron chi connectivity index (χ1n) is 14.1. The molecule has 210 valence electrons. The molecule has 1 aromatic carbocycles. The smallest absolute Gasteiger partial charge is 0.313 e. The van der Waals surface area contributed by atoms with E-state index in [0.29, 0.717) is 30.1 Å². The average molecular weight is 527 g/mol. The van der Waals surface area contributed by atoms with Gasteiger partial charge in [0.2, 0.25) is 23.1 Å². The summed E-state index contributed by atoms with van der Waals surface area (Å²) in [6.45, 7) is 8.47. The lowest BCUT2D eigenvalue weighted by molar-refractivity contribution is -0.145. The summed E-state index contributed by atoms with van der Waals surface area (Å²) in [4.78, 5) is 37.5. The third-order valence-corrected chi connectivity index (χ3v) is 7.14. The van der Waals surface area contributed by atoms with Crippen molar-refractivity contribution in [1.29, 1.82) is 0 Å². The summed E-state index contributed by atoms with van der Waals surface area (Å²) in [5.74, 6) is -0.291. The van der Waals surface area contributed by atoms with Gasteiger partial charge >= 0.3 is 5.97 Å². The molecule has 1 atom stereocenters. The first kappa shape index (κ1) is 31.3. The van der Waals surface area contributed by atoms with Crippen molar-refractivity contribution in [2.75, 3.05) is 20.8 Å². The van der Waals surface area contributed by atoms with E-state index in [1.165, 1.54) is 19.8 Å². The summed E-state index contributed by atoms with van der Waals surface area (Å²) in [7, 11) is 2.76. The number of ketones is 2. The molecule has 6 heteroatoms. The van der Waals surface area contributed by atoms with Crippen LogP contribution >= 0.6 is 0 Å². The van der Waals surface area contributed by atoms with E-state index in [1.807, 2.05) is 19.1 Å². The zero-order valence-corrected chi connectivity index (χ0v) is 24.2. The van der Waals surface area contributed by atoms with Gasteiger partial charge in [-0.3, -0.25) is 14.4 Å². The number of hydrogen-bond donors (Lipinski definition) is 0. The predicted octanol–water partition coefficient (Wildman–Crippen LogP) is 7.02. The lowest BCUT2D eigenvalue weighted by Crippen LogP contribution is -2.25. The van der Waals surface area contributed by atoms with Crippen LogP contribution < -0.4 is 0 Å². The molecule has 0 amide bonds. The Morgan fingerprint density at radius 1 is 0.763 bits per heavy atom. The molecule has 1 aliphatic carbocycles. The maximum atomic E-state index is 12.7. The molecule has 1 aromatic rings. The topological polar surface area (TPSA) is 78.9 Å². The average Bonchev–Trinajstić information content (AvgIpc) is 2.90. The van der Waals surface area contributed by atoms with Crippen LogP contribution in [-0.4, -0.2) is 38.4 Å². The van der Waals surface area contributed by atoms with E-state index < -0.39 is 0 Å². The van der Waals surface area contributed by atoms with Crippen LogP contribution in [0.25, 0.3) is 0 Å². The van der Waals surface area contributed by atoms with E-state index in [9.17, 15) is 14.4 Å². The molecule has 0 saturated carbocycles. The molecule has 1 aliphatic rings. The zero-order chi connectivity index (χ0) is 28.1. The van der Waals surface area contributed by atoms with Crippen LogP contribution in [0.2, 0.25) is 0 Å². The Hall–Kier alpha value is -2.89. The van der Waals surface area contributed by atoms with Crippen molar-refractivity contribution in [2.24, 2.45) is 5.92 Å². The van der Waals surface area contributed by atoms with Gasteiger partial charge in [0, 0.05) is 11.1 Å². The standard InChI is InChI=1S/C32H46O6/c1-22(2)21-25-16-18-26(19-17-25)23(3)32(35)38-20-14-12-10-8-7-9-11-13-15-27-24(4)28(33)30(36-5)31(37-6)29(27)34/h16-19,22-23H,7-15,20-21H2,1-6H3/t23-/m0/s1. The lowest BCUT2D eigenvalue weighted by atomic mass is 9.89. The van der Waals surface area contributed by atoms with Crippen molar-refractivity contribution in [1.82, 2.24) is 0 Å². The van der Waals surface area contributed by atoms with Crippen LogP contribution in [0.3, 0.4) is 0 Å². The van der Waals surface area contributed by atoms with Gasteiger partial charge in [-0.1, -0.05) is 76.6 Å². The Balaban J connectivity index is 1.55. The van der Waals surface area contributed by atoms with Gasteiger partial charge in [0.25, 0.3) is 0 Å². The summed E-state index contributed by atoms with van der Waals surface area (Å²) in [6.07, 6.45) is 9.89. The van der Waals surface area contributed by atoms with Crippen molar-refractivity contribution in [2.45, 2.75) is 97.8 Å². The molecular weight excluding hydrogens is 480 g/mol. The summed E-state index contributed by atoms with van der Waals surface area (Å²) in [5.41, 5.74) is 3.30. The molecule has 0 aromatic heterocycles. The molecule has 0 bridgehead atoms. The van der Waals surface area contributed by atoms with Gasteiger partial charge in [-0.15, -0.1) is 0 Å². The Kier molecular flexibility index (Phi) is 13.3. The summed E-state index contributed by atoms with van der Waals surface area (Å²) in [5, 5.41) is 0. The first-order chi connectivity index (χ1) is 18.2. The number of methoxy groups -OCH3 is 2. The molecule has 6 nitrogen and oxygen atoms in total. The first-order valence-corrected chi connectivity index (χ1v) is 14.1. The zero-order valence-electron chi connectivity index (χ0n) is 24.2. The number of unbranched alkanes of at least 4 members (excludes halogenated alkanes) is 7. The Labute approximate surface area is 228 Å². The monoisotopic (exact) mass is 526 g/mol. The van der Waals surface area contributed by atoms with Crippen LogP contribution in [0.5, 0.6) is 0 Å². The highest BCUT2D eigenvalue weighted by Gasteiger charge is 2.34. The number of carbonyl (C=O) groups is 3. The Bertz CT molecular complexity index is 999. The van der Waals surface area contributed by atoms with E-state index in [4.69, 9.17) is 14.2 Å². The Morgan fingerprint density at radius 2 is 1.29 bits per heavy atom. The minimum absolute atomic E-state index is 0.00478. The fourth-order valence-electron chi connectivity index (χ4n) is 4.80. The van der Waals surface area contributed by atoms with Crippen molar-refractivity contribution in [3.8, 4) is 0 Å². The van der Waals surface area contributed by atoms with Gasteiger partial charge in [0.15, 0.2) is 0 Å². The molecule has 38 heavy (non-hydrogen) atoms. The number of rotatable bonds is 17. The number of esters is 1. The van der Waals surface area contributed by atoms with Crippen LogP contribution in [0.4, 0.5) is 0 Å². The Morgan fingerprint density at radius 3 is 1.84 bits per heavy atom. The highest BCUT2D eigenvalue weighted by molar-refractivity contribution is 6.23. The van der Waals surface area contributed by atoms with Crippen molar-refractivity contribution in [3.63, 3.8) is 0 Å². The summed E-state index contributed by atoms with van der Waals surface area (Å²) in [6, 6.07) is 8.30. The largest absolute Gasteiger partial charge is 0.489 e. The van der Waals surface area contributed by atoms with E-state index in [-0.39, 0.29) is 35.0 Å². The number of ether oxygens (including phenoxy) is 3. The highest BCUT2D eigenvalue weighted by Crippen LogP contribution is 2.29. The normalized spacial score (nSPS) is 14.8. The molecule has 2 rings (SSSR count). The number of carbonyl (C=O) groups excluding carboxylic acids is 3. The highest BCUT2D eigenvalue weighted by atomic mass is 16.5. The van der Waals surface area contributed by atoms with Crippen LogP contribution in [-0.2, 0) is 35.0 Å². The van der Waals surface area contributed by atoms with Crippen molar-refractivity contribution >= 4 is 17.5 Å². The van der Waals surface area contributed by atoms with Crippen molar-refractivity contribution in [3.05, 3.63) is 58.1 Å². The molecule has 0 heterocycles. The number of benzene rings is 1. The fraction of sp³-hybridized carbons (Fsp3) is 0.594. The van der Waals surface area contributed by atoms with Gasteiger partial charge in [-0.2, -0.15) is 0 Å². The van der Waals surface area contributed by atoms with E-state index >= 15 is 0 Å². The van der Waals surface area contributed by atoms with Gasteiger partial charge in [0.05, 0.1) is 26.7 Å². The third kappa shape index (κ3) is 9.14.